The molecule has 0 saturated carbocycles. The molecule has 0 bridgehead atoms. The van der Waals surface area contributed by atoms with Crippen molar-refractivity contribution in [3.8, 4) is 0 Å². The van der Waals surface area contributed by atoms with Gasteiger partial charge in [-0.15, -0.1) is 0 Å². The molecule has 0 radical (unpaired) electrons. The van der Waals surface area contributed by atoms with E-state index in [4.69, 9.17) is 32.8 Å². The van der Waals surface area contributed by atoms with Gasteiger partial charge in [-0.1, -0.05) is 122 Å². The summed E-state index contributed by atoms with van der Waals surface area (Å²) in [5.74, 6) is 1.24. The van der Waals surface area contributed by atoms with E-state index in [1.54, 1.807) is 21.3 Å². The molecule has 0 heterocycles. The number of methoxy groups -OCH3 is 3. The van der Waals surface area contributed by atoms with E-state index in [1.165, 1.54) is 11.1 Å². The minimum atomic E-state index is -1.79. The highest BCUT2D eigenvalue weighted by atomic mass is 28.4. The molecule has 0 aromatic heterocycles. The Balaban J connectivity index is 0.000000887. The van der Waals surface area contributed by atoms with Crippen LogP contribution < -0.4 is 0 Å². The van der Waals surface area contributed by atoms with Crippen molar-refractivity contribution in [1.29, 1.82) is 0 Å². The van der Waals surface area contributed by atoms with Crippen molar-refractivity contribution in [2.45, 2.75) is 170 Å². The van der Waals surface area contributed by atoms with Gasteiger partial charge in [0, 0.05) is 34.4 Å². The van der Waals surface area contributed by atoms with Gasteiger partial charge in [0.25, 0.3) is 14.3 Å². The van der Waals surface area contributed by atoms with Crippen LogP contribution in [0.15, 0.2) is 73.2 Å². The molecule has 10 nitrogen and oxygen atoms in total. The van der Waals surface area contributed by atoms with Crippen molar-refractivity contribution in [3.63, 3.8) is 0 Å². The minimum Gasteiger partial charge on any atom is -0.519 e. The first kappa shape index (κ1) is 56.1. The number of rotatable bonds is 19. The van der Waals surface area contributed by atoms with E-state index in [9.17, 15) is 4.79 Å². The number of hydrogen-bond donors (Lipinski definition) is 0. The third kappa shape index (κ3) is 22.5. The van der Waals surface area contributed by atoms with Gasteiger partial charge in [0.2, 0.25) is 6.29 Å². The second kappa shape index (κ2) is 26.4. The van der Waals surface area contributed by atoms with Gasteiger partial charge in [0.15, 0.2) is 6.29 Å². The summed E-state index contributed by atoms with van der Waals surface area (Å²) in [6, 6.07) is 20.9. The number of carbonyl (C=O) groups excluding carboxylic acids is 1. The Kier molecular flexibility index (Phi) is 25.1. The summed E-state index contributed by atoms with van der Waals surface area (Å²) in [5.41, 5.74) is 1.67. The van der Waals surface area contributed by atoms with Gasteiger partial charge in [-0.3, -0.25) is 9.80 Å². The first-order valence-electron chi connectivity index (χ1n) is 21.2. The fourth-order valence-corrected chi connectivity index (χ4v) is 6.98. The second-order valence-electron chi connectivity index (χ2n) is 19.0. The molecule has 0 amide bonds. The summed E-state index contributed by atoms with van der Waals surface area (Å²) in [6.45, 7) is 36.6. The normalized spacial score (nSPS) is 14.8. The molecule has 0 aliphatic heterocycles. The average molecular weight is 847 g/mol. The van der Waals surface area contributed by atoms with Gasteiger partial charge in [-0.2, -0.15) is 0 Å². The van der Waals surface area contributed by atoms with Crippen LogP contribution in [0.4, 0.5) is 4.79 Å². The van der Waals surface area contributed by atoms with Crippen LogP contribution >= 0.6 is 0 Å². The molecule has 2 aromatic rings. The van der Waals surface area contributed by atoms with E-state index < -0.39 is 26.4 Å². The summed E-state index contributed by atoms with van der Waals surface area (Å²) in [6.07, 6.45) is 0.455. The molecule has 11 heteroatoms. The lowest BCUT2D eigenvalue weighted by Gasteiger charge is -2.37. The third-order valence-electron chi connectivity index (χ3n) is 10.5. The van der Waals surface area contributed by atoms with Crippen molar-refractivity contribution < 1.29 is 37.6 Å². The monoisotopic (exact) mass is 847 g/mol. The fraction of sp³-hybridized carbons (Fsp3) is 0.688. The molecule has 59 heavy (non-hydrogen) atoms. The lowest BCUT2D eigenvalue weighted by molar-refractivity contribution is -0.160. The van der Waals surface area contributed by atoms with E-state index in [0.717, 1.165) is 25.9 Å². The Bertz CT molecular complexity index is 1420. The first-order chi connectivity index (χ1) is 27.2. The highest BCUT2D eigenvalue weighted by molar-refractivity contribution is 6.74. The number of nitrogens with zero attached hydrogens (tertiary/aromatic N) is 2. The van der Waals surface area contributed by atoms with E-state index >= 15 is 0 Å². The van der Waals surface area contributed by atoms with Gasteiger partial charge in [-0.25, -0.2) is 4.79 Å². The SMILES string of the molecule is C=C(OC(C)(C)C)O[Si](C)(C)C(C)(C)C.CC[C@H](C)[C@@H](C(OC)OC)N(C)Cc1ccccc1.CC[C@H](C)[C@@H]([C@H](OC)OC(=O)OC(C)(C)C)N(C)Cc1ccccc1. The summed E-state index contributed by atoms with van der Waals surface area (Å²) in [7, 11) is 7.34. The Morgan fingerprint density at radius 1 is 0.644 bits per heavy atom. The Morgan fingerprint density at radius 3 is 1.31 bits per heavy atom. The highest BCUT2D eigenvalue weighted by Crippen LogP contribution is 2.38. The summed E-state index contributed by atoms with van der Waals surface area (Å²) < 4.78 is 38.7. The third-order valence-corrected chi connectivity index (χ3v) is 14.8. The number of carbonyl (C=O) groups is 1. The summed E-state index contributed by atoms with van der Waals surface area (Å²) >= 11 is 0. The molecule has 2 rings (SSSR count). The van der Waals surface area contributed by atoms with Crippen LogP contribution in [-0.4, -0.2) is 95.6 Å². The maximum absolute atomic E-state index is 12.1. The smallest absolute Gasteiger partial charge is 0.511 e. The second-order valence-corrected chi connectivity index (χ2v) is 23.8. The predicted molar refractivity (Wildman–Crippen MR) is 246 cm³/mol. The van der Waals surface area contributed by atoms with Crippen LogP contribution in [0.25, 0.3) is 0 Å². The zero-order valence-corrected chi connectivity index (χ0v) is 41.9. The highest BCUT2D eigenvalue weighted by Gasteiger charge is 2.40. The zero-order valence-electron chi connectivity index (χ0n) is 40.9. The molecular weight excluding hydrogens is 761 g/mol. The first-order valence-corrected chi connectivity index (χ1v) is 24.1. The molecule has 0 spiro atoms. The van der Waals surface area contributed by atoms with Crippen LogP contribution in [-0.2, 0) is 45.9 Å². The van der Waals surface area contributed by atoms with Crippen molar-refractivity contribution >= 4 is 14.5 Å². The summed E-state index contributed by atoms with van der Waals surface area (Å²) in [5, 5.41) is 0.178. The number of ether oxygens (including phenoxy) is 6. The van der Waals surface area contributed by atoms with Crippen molar-refractivity contribution in [1.82, 2.24) is 9.80 Å². The van der Waals surface area contributed by atoms with Crippen molar-refractivity contribution in [3.05, 3.63) is 84.3 Å². The Morgan fingerprint density at radius 2 is 1.00 bits per heavy atom. The van der Waals surface area contributed by atoms with Gasteiger partial charge in [0.1, 0.15) is 11.2 Å². The standard InChI is InChI=1S/C20H33NO4.C16H27NO2.C12H26O2Si/c1-8-15(2)17(21(6)14-16-12-10-9-11-13-16)18(23-7)24-19(22)25-20(3,4)5;1-6-13(2)15(16(18-4)19-5)17(3)12-14-10-8-7-9-11-14;1-10(13-11(2,3)4)14-15(8,9)12(5,6)7/h9-13,15,17-18H,8,14H2,1-7H3;7-11,13,15-16H,6,12H2,1-5H3;1H2,2-9H3/t15-,17-,18+;13-,15-;/m00./s1. The van der Waals surface area contributed by atoms with Gasteiger partial charge < -0.3 is 32.8 Å². The predicted octanol–water partition coefficient (Wildman–Crippen LogP) is 11.9. The molecule has 0 aliphatic carbocycles. The van der Waals surface area contributed by atoms with Crippen molar-refractivity contribution in [2.75, 3.05) is 35.4 Å². The molecule has 340 valence electrons. The topological polar surface area (TPSA) is 88.2 Å². The van der Waals surface area contributed by atoms with Crippen molar-refractivity contribution in [2.24, 2.45) is 11.8 Å². The zero-order chi connectivity index (χ0) is 45.8. The van der Waals surface area contributed by atoms with Crippen LogP contribution in [0, 0.1) is 11.8 Å². The molecule has 5 atom stereocenters. The van der Waals surface area contributed by atoms with E-state index in [2.05, 4.69) is 121 Å². The molecule has 0 saturated heterocycles. The molecule has 0 aliphatic rings. The number of likely N-dealkylation sites (N-methyl/N-ethyl adjacent to an activating group) is 2. The van der Waals surface area contributed by atoms with E-state index in [0.29, 0.717) is 11.9 Å². The summed E-state index contributed by atoms with van der Waals surface area (Å²) in [4.78, 5) is 16.6. The Labute approximate surface area is 362 Å². The van der Waals surface area contributed by atoms with Gasteiger partial charge >= 0.3 is 6.16 Å². The number of benzene rings is 2. The largest absolute Gasteiger partial charge is 0.519 e. The molecular formula is C48H86N2O8Si. The van der Waals surface area contributed by atoms with Gasteiger partial charge in [-0.05, 0) is 103 Å². The van der Waals surface area contributed by atoms with E-state index in [1.807, 2.05) is 72.9 Å². The van der Waals surface area contributed by atoms with Gasteiger partial charge in [0.05, 0.1) is 12.1 Å². The van der Waals surface area contributed by atoms with Crippen LogP contribution in [0.2, 0.25) is 18.1 Å². The molecule has 2 aromatic carbocycles. The quantitative estimate of drug-likeness (QED) is 0.0589. The molecule has 0 fully saturated rings. The van der Waals surface area contributed by atoms with E-state index in [-0.39, 0.29) is 34.9 Å². The molecule has 0 N–H and O–H groups in total. The van der Waals surface area contributed by atoms with Crippen LogP contribution in [0.5, 0.6) is 0 Å². The average Bonchev–Trinajstić information content (AvgIpc) is 3.12. The van der Waals surface area contributed by atoms with Crippen LogP contribution in [0.3, 0.4) is 0 Å². The van der Waals surface area contributed by atoms with Crippen LogP contribution in [0.1, 0.15) is 114 Å². The maximum atomic E-state index is 12.1. The molecule has 0 unspecified atom stereocenters. The lowest BCUT2D eigenvalue weighted by Crippen LogP contribution is -2.48. The maximum Gasteiger partial charge on any atom is 0.511 e. The Hall–Kier alpha value is -2.93. The minimum absolute atomic E-state index is 0.0808. The lowest BCUT2D eigenvalue weighted by atomic mass is 9.96. The fourth-order valence-electron chi connectivity index (χ4n) is 6.06. The number of hydrogen-bond acceptors (Lipinski definition) is 10.